The van der Waals surface area contributed by atoms with Gasteiger partial charge in [-0.3, -0.25) is 14.4 Å². The predicted octanol–water partition coefficient (Wildman–Crippen LogP) is 0.0658. The second-order valence-corrected chi connectivity index (χ2v) is 4.83. The number of carbonyl (C=O) groups excluding carboxylic acids is 1. The van der Waals surface area contributed by atoms with Gasteiger partial charge in [-0.15, -0.1) is 0 Å². The number of hydrogen-bond acceptors (Lipinski definition) is 4. The number of nitrogens with one attached hydrogen (secondary N) is 1. The Morgan fingerprint density at radius 3 is 2.89 bits per heavy atom. The normalized spacial score (nSPS) is 17.8. The van der Waals surface area contributed by atoms with Gasteiger partial charge in [0, 0.05) is 18.8 Å². The molecular formula is C12H21N5O. The van der Waals surface area contributed by atoms with Crippen LogP contribution in [0.4, 0.5) is 5.82 Å². The topological polar surface area (TPSA) is 76.2 Å². The molecule has 0 saturated carbocycles. The molecule has 1 aromatic rings. The first-order valence-electron chi connectivity index (χ1n) is 6.45. The fourth-order valence-electron chi connectivity index (χ4n) is 2.24. The molecule has 1 unspecified atom stereocenters. The van der Waals surface area contributed by atoms with E-state index in [9.17, 15) is 4.79 Å². The third-order valence-corrected chi connectivity index (χ3v) is 3.33. The number of rotatable bonds is 5. The zero-order valence-corrected chi connectivity index (χ0v) is 10.8. The molecule has 6 heteroatoms. The van der Waals surface area contributed by atoms with Crippen LogP contribution in [-0.2, 0) is 11.3 Å². The van der Waals surface area contributed by atoms with Gasteiger partial charge < -0.3 is 11.1 Å². The number of anilines is 1. The molecule has 1 aromatic heterocycles. The molecule has 0 radical (unpaired) electrons. The van der Waals surface area contributed by atoms with E-state index >= 15 is 0 Å². The van der Waals surface area contributed by atoms with Crippen molar-refractivity contribution in [1.29, 1.82) is 0 Å². The van der Waals surface area contributed by atoms with E-state index in [1.807, 2.05) is 0 Å². The molecule has 18 heavy (non-hydrogen) atoms. The Bertz CT molecular complexity index is 397. The Morgan fingerprint density at radius 2 is 2.28 bits per heavy atom. The standard InChI is InChI=1S/C12H21N5O/c1-10(16-5-2-3-6-16)8-14-12(18)9-17-7-4-11(13)15-17/h4,7,10H,2-3,5-6,8-9H2,1H3,(H2,13,15)(H,14,18). The molecule has 0 aliphatic carbocycles. The molecule has 0 aromatic carbocycles. The lowest BCUT2D eigenvalue weighted by Crippen LogP contribution is -2.41. The highest BCUT2D eigenvalue weighted by atomic mass is 16.2. The molecule has 1 amide bonds. The van der Waals surface area contributed by atoms with Crippen molar-refractivity contribution in [2.45, 2.75) is 32.4 Å². The largest absolute Gasteiger partial charge is 0.382 e. The molecule has 1 aliphatic heterocycles. The summed E-state index contributed by atoms with van der Waals surface area (Å²) in [6, 6.07) is 2.08. The second kappa shape index (κ2) is 5.86. The summed E-state index contributed by atoms with van der Waals surface area (Å²) in [4.78, 5) is 14.1. The van der Waals surface area contributed by atoms with Gasteiger partial charge in [-0.25, -0.2) is 0 Å². The molecule has 2 rings (SSSR count). The van der Waals surface area contributed by atoms with Gasteiger partial charge in [0.25, 0.3) is 0 Å². The Morgan fingerprint density at radius 1 is 1.56 bits per heavy atom. The summed E-state index contributed by atoms with van der Waals surface area (Å²) in [7, 11) is 0. The van der Waals surface area contributed by atoms with Crippen molar-refractivity contribution in [2.75, 3.05) is 25.4 Å². The van der Waals surface area contributed by atoms with Gasteiger partial charge in [0.1, 0.15) is 12.4 Å². The van der Waals surface area contributed by atoms with Crippen LogP contribution in [0.15, 0.2) is 12.3 Å². The quantitative estimate of drug-likeness (QED) is 0.776. The van der Waals surface area contributed by atoms with E-state index in [0.29, 0.717) is 18.4 Å². The SMILES string of the molecule is CC(CNC(=O)Cn1ccc(N)n1)N1CCCC1. The highest BCUT2D eigenvalue weighted by Gasteiger charge is 2.18. The molecule has 1 atom stereocenters. The van der Waals surface area contributed by atoms with E-state index < -0.39 is 0 Å². The van der Waals surface area contributed by atoms with Crippen LogP contribution in [-0.4, -0.2) is 46.3 Å². The average molecular weight is 251 g/mol. The summed E-state index contributed by atoms with van der Waals surface area (Å²) in [6.07, 6.45) is 4.24. The molecule has 1 aliphatic rings. The molecule has 3 N–H and O–H groups in total. The number of carbonyl (C=O) groups is 1. The van der Waals surface area contributed by atoms with Gasteiger partial charge in [0.2, 0.25) is 5.91 Å². The summed E-state index contributed by atoms with van der Waals surface area (Å²) in [5.74, 6) is 0.414. The summed E-state index contributed by atoms with van der Waals surface area (Å²) >= 11 is 0. The van der Waals surface area contributed by atoms with Crippen LogP contribution >= 0.6 is 0 Å². The van der Waals surface area contributed by atoms with Gasteiger partial charge in [0.15, 0.2) is 0 Å². The molecule has 0 bridgehead atoms. The van der Waals surface area contributed by atoms with Gasteiger partial charge in [-0.05, 0) is 38.9 Å². The van der Waals surface area contributed by atoms with Gasteiger partial charge in [-0.2, -0.15) is 5.10 Å². The van der Waals surface area contributed by atoms with E-state index in [2.05, 4.69) is 22.2 Å². The maximum atomic E-state index is 11.7. The summed E-state index contributed by atoms with van der Waals surface area (Å²) in [5, 5.41) is 6.91. The minimum Gasteiger partial charge on any atom is -0.382 e. The molecule has 100 valence electrons. The lowest BCUT2D eigenvalue weighted by Gasteiger charge is -2.23. The molecule has 6 nitrogen and oxygen atoms in total. The van der Waals surface area contributed by atoms with Crippen LogP contribution in [0.25, 0.3) is 0 Å². The molecular weight excluding hydrogens is 230 g/mol. The minimum atomic E-state index is -0.0239. The molecule has 2 heterocycles. The van der Waals surface area contributed by atoms with Crippen molar-refractivity contribution < 1.29 is 4.79 Å². The number of amides is 1. The van der Waals surface area contributed by atoms with Crippen molar-refractivity contribution >= 4 is 11.7 Å². The summed E-state index contributed by atoms with van der Waals surface area (Å²) in [5.41, 5.74) is 5.49. The average Bonchev–Trinajstić information content (AvgIpc) is 2.97. The minimum absolute atomic E-state index is 0.0239. The monoisotopic (exact) mass is 251 g/mol. The Balaban J connectivity index is 1.71. The van der Waals surface area contributed by atoms with Crippen LogP contribution in [0.3, 0.4) is 0 Å². The van der Waals surface area contributed by atoms with E-state index in [4.69, 9.17) is 5.73 Å². The van der Waals surface area contributed by atoms with Crippen molar-refractivity contribution in [2.24, 2.45) is 0 Å². The predicted molar refractivity (Wildman–Crippen MR) is 69.9 cm³/mol. The van der Waals surface area contributed by atoms with Crippen molar-refractivity contribution in [3.8, 4) is 0 Å². The van der Waals surface area contributed by atoms with E-state index in [-0.39, 0.29) is 12.5 Å². The van der Waals surface area contributed by atoms with Crippen LogP contribution in [0.5, 0.6) is 0 Å². The number of likely N-dealkylation sites (tertiary alicyclic amines) is 1. The smallest absolute Gasteiger partial charge is 0.241 e. The van der Waals surface area contributed by atoms with Gasteiger partial charge >= 0.3 is 0 Å². The van der Waals surface area contributed by atoms with Crippen molar-refractivity contribution in [1.82, 2.24) is 20.0 Å². The van der Waals surface area contributed by atoms with Crippen molar-refractivity contribution in [3.05, 3.63) is 12.3 Å². The van der Waals surface area contributed by atoms with E-state index in [1.54, 1.807) is 16.9 Å². The fraction of sp³-hybridized carbons (Fsp3) is 0.667. The highest BCUT2D eigenvalue weighted by Crippen LogP contribution is 2.10. The third-order valence-electron chi connectivity index (χ3n) is 3.33. The maximum absolute atomic E-state index is 11.7. The van der Waals surface area contributed by atoms with Crippen LogP contribution in [0.1, 0.15) is 19.8 Å². The van der Waals surface area contributed by atoms with Crippen LogP contribution in [0, 0.1) is 0 Å². The van der Waals surface area contributed by atoms with Crippen LogP contribution in [0.2, 0.25) is 0 Å². The summed E-state index contributed by atoms with van der Waals surface area (Å²) in [6.45, 7) is 5.36. The number of nitrogens with zero attached hydrogens (tertiary/aromatic N) is 3. The lowest BCUT2D eigenvalue weighted by molar-refractivity contribution is -0.122. The van der Waals surface area contributed by atoms with E-state index in [0.717, 1.165) is 13.1 Å². The first-order chi connectivity index (χ1) is 8.65. The van der Waals surface area contributed by atoms with Crippen molar-refractivity contribution in [3.63, 3.8) is 0 Å². The third kappa shape index (κ3) is 3.46. The lowest BCUT2D eigenvalue weighted by atomic mass is 10.3. The molecule has 0 spiro atoms. The second-order valence-electron chi connectivity index (χ2n) is 4.83. The zero-order chi connectivity index (χ0) is 13.0. The first kappa shape index (κ1) is 12.9. The van der Waals surface area contributed by atoms with Gasteiger partial charge in [0.05, 0.1) is 0 Å². The highest BCUT2D eigenvalue weighted by molar-refractivity contribution is 5.75. The zero-order valence-electron chi connectivity index (χ0n) is 10.8. The Labute approximate surface area is 107 Å². The number of aromatic nitrogens is 2. The fourth-order valence-corrected chi connectivity index (χ4v) is 2.24. The van der Waals surface area contributed by atoms with Crippen LogP contribution < -0.4 is 11.1 Å². The summed E-state index contributed by atoms with van der Waals surface area (Å²) < 4.78 is 1.55. The Kier molecular flexibility index (Phi) is 4.19. The first-order valence-corrected chi connectivity index (χ1v) is 6.45. The number of nitrogens with two attached hydrogens (primary N) is 1. The number of nitrogen functional groups attached to an aromatic ring is 1. The van der Waals surface area contributed by atoms with Gasteiger partial charge in [-0.1, -0.05) is 0 Å². The Hall–Kier alpha value is -1.56. The maximum Gasteiger partial charge on any atom is 0.241 e. The van der Waals surface area contributed by atoms with E-state index in [1.165, 1.54) is 12.8 Å². The number of hydrogen-bond donors (Lipinski definition) is 2. The molecule has 1 fully saturated rings. The molecule has 1 saturated heterocycles.